The molecule has 0 atom stereocenters. The molecule has 1 aliphatic heterocycles. The van der Waals surface area contributed by atoms with Gasteiger partial charge in [0.2, 0.25) is 5.91 Å². The van der Waals surface area contributed by atoms with E-state index < -0.39 is 24.6 Å². The van der Waals surface area contributed by atoms with Crippen LogP contribution in [0.4, 0.5) is 13.2 Å². The SMILES string of the molecule is O=C(CC1c2ccccc2Oc2ccccc21)NC1CCC(O)(C(F)(F)F)CC1. The van der Waals surface area contributed by atoms with Crippen LogP contribution < -0.4 is 10.1 Å². The molecule has 29 heavy (non-hydrogen) atoms. The molecule has 2 aromatic carbocycles. The number of nitrogens with one attached hydrogen (secondary N) is 1. The van der Waals surface area contributed by atoms with E-state index in [1.54, 1.807) is 0 Å². The van der Waals surface area contributed by atoms with E-state index in [0.717, 1.165) is 11.1 Å². The quantitative estimate of drug-likeness (QED) is 0.781. The van der Waals surface area contributed by atoms with E-state index in [-0.39, 0.29) is 37.1 Å². The lowest BCUT2D eigenvalue weighted by molar-refractivity contribution is -0.270. The summed E-state index contributed by atoms with van der Waals surface area (Å²) in [4.78, 5) is 12.7. The van der Waals surface area contributed by atoms with Crippen molar-refractivity contribution < 1.29 is 27.8 Å². The Bertz CT molecular complexity index is 859. The Labute approximate surface area is 166 Å². The molecule has 1 saturated carbocycles. The van der Waals surface area contributed by atoms with Crippen molar-refractivity contribution in [3.05, 3.63) is 59.7 Å². The minimum absolute atomic E-state index is 0.0999. The number of aliphatic hydroxyl groups is 1. The van der Waals surface area contributed by atoms with Crippen molar-refractivity contribution in [1.82, 2.24) is 5.32 Å². The van der Waals surface area contributed by atoms with Crippen LogP contribution in [0, 0.1) is 0 Å². The van der Waals surface area contributed by atoms with Crippen molar-refractivity contribution >= 4 is 5.91 Å². The molecule has 0 aromatic heterocycles. The average molecular weight is 405 g/mol. The molecular formula is C22H22F3NO3. The van der Waals surface area contributed by atoms with Gasteiger partial charge in [-0.3, -0.25) is 4.79 Å². The van der Waals surface area contributed by atoms with Crippen LogP contribution in [-0.4, -0.2) is 28.8 Å². The highest BCUT2D eigenvalue weighted by Gasteiger charge is 2.54. The zero-order valence-corrected chi connectivity index (χ0v) is 15.7. The van der Waals surface area contributed by atoms with Crippen molar-refractivity contribution in [3.8, 4) is 11.5 Å². The van der Waals surface area contributed by atoms with E-state index in [9.17, 15) is 23.1 Å². The molecule has 4 rings (SSSR count). The van der Waals surface area contributed by atoms with E-state index >= 15 is 0 Å². The standard InChI is InChI=1S/C22H22F3NO3/c23-22(24,25)21(28)11-9-14(10-12-21)26-20(27)13-17-15-5-1-3-7-18(15)29-19-8-4-2-6-16(17)19/h1-8,14,17,28H,9-13H2,(H,26,27). The topological polar surface area (TPSA) is 58.6 Å². The maximum Gasteiger partial charge on any atom is 0.417 e. The van der Waals surface area contributed by atoms with Crippen molar-refractivity contribution in [3.63, 3.8) is 0 Å². The summed E-state index contributed by atoms with van der Waals surface area (Å²) in [5, 5.41) is 12.6. The number of para-hydroxylation sites is 2. The Hall–Kier alpha value is -2.54. The first kappa shape index (κ1) is 19.8. The highest BCUT2D eigenvalue weighted by atomic mass is 19.4. The number of ether oxygens (including phenoxy) is 1. The molecule has 0 bridgehead atoms. The summed E-state index contributed by atoms with van der Waals surface area (Å²) in [6.45, 7) is 0. The van der Waals surface area contributed by atoms with E-state index in [0.29, 0.717) is 11.5 Å². The molecule has 0 radical (unpaired) electrons. The Kier molecular flexibility index (Phi) is 5.02. The van der Waals surface area contributed by atoms with Gasteiger partial charge in [-0.1, -0.05) is 36.4 Å². The third kappa shape index (κ3) is 3.83. The number of alkyl halides is 3. The van der Waals surface area contributed by atoms with Gasteiger partial charge in [0.05, 0.1) is 0 Å². The Morgan fingerprint density at radius 2 is 1.55 bits per heavy atom. The summed E-state index contributed by atoms with van der Waals surface area (Å²) >= 11 is 0. The maximum absolute atomic E-state index is 13.0. The van der Waals surface area contributed by atoms with Crippen LogP contribution in [0.3, 0.4) is 0 Å². The van der Waals surface area contributed by atoms with Crippen molar-refractivity contribution in [2.45, 2.75) is 55.8 Å². The summed E-state index contributed by atoms with van der Waals surface area (Å²) < 4.78 is 44.8. The number of benzene rings is 2. The summed E-state index contributed by atoms with van der Waals surface area (Å²) in [6.07, 6.45) is -5.06. The molecule has 1 amide bonds. The summed E-state index contributed by atoms with van der Waals surface area (Å²) in [6, 6.07) is 14.7. The minimum Gasteiger partial charge on any atom is -0.457 e. The molecule has 0 spiro atoms. The van der Waals surface area contributed by atoms with Gasteiger partial charge in [-0.2, -0.15) is 13.2 Å². The van der Waals surface area contributed by atoms with E-state index in [1.807, 2.05) is 48.5 Å². The Morgan fingerprint density at radius 1 is 1.03 bits per heavy atom. The fraction of sp³-hybridized carbons (Fsp3) is 0.409. The van der Waals surface area contributed by atoms with Gasteiger partial charge in [0, 0.05) is 29.5 Å². The average Bonchev–Trinajstić information content (AvgIpc) is 2.69. The lowest BCUT2D eigenvalue weighted by Gasteiger charge is -2.37. The largest absolute Gasteiger partial charge is 0.457 e. The normalized spacial score (nSPS) is 24.2. The Morgan fingerprint density at radius 3 is 2.07 bits per heavy atom. The molecule has 154 valence electrons. The molecule has 1 aliphatic carbocycles. The van der Waals surface area contributed by atoms with Gasteiger partial charge in [0.15, 0.2) is 5.60 Å². The lowest BCUT2D eigenvalue weighted by Crippen LogP contribution is -2.51. The molecular weight excluding hydrogens is 383 g/mol. The number of hydrogen-bond donors (Lipinski definition) is 2. The molecule has 1 heterocycles. The maximum atomic E-state index is 13.0. The fourth-order valence-corrected chi connectivity index (χ4v) is 4.22. The van der Waals surface area contributed by atoms with Crippen LogP contribution in [0.2, 0.25) is 0 Å². The minimum atomic E-state index is -4.64. The monoisotopic (exact) mass is 405 g/mol. The smallest absolute Gasteiger partial charge is 0.417 e. The lowest BCUT2D eigenvalue weighted by atomic mass is 9.81. The predicted octanol–water partition coefficient (Wildman–Crippen LogP) is 4.67. The molecule has 0 saturated heterocycles. The first-order valence-corrected chi connectivity index (χ1v) is 9.71. The van der Waals surface area contributed by atoms with E-state index in [4.69, 9.17) is 4.74 Å². The highest BCUT2D eigenvalue weighted by molar-refractivity contribution is 5.78. The van der Waals surface area contributed by atoms with Crippen LogP contribution in [0.1, 0.15) is 49.1 Å². The second kappa shape index (κ2) is 7.37. The van der Waals surface area contributed by atoms with Gasteiger partial charge in [0.1, 0.15) is 11.5 Å². The third-order valence-electron chi connectivity index (χ3n) is 5.90. The van der Waals surface area contributed by atoms with Gasteiger partial charge < -0.3 is 15.2 Å². The molecule has 1 fully saturated rings. The number of rotatable bonds is 3. The molecule has 4 nitrogen and oxygen atoms in total. The number of halogens is 3. The van der Waals surface area contributed by atoms with Crippen LogP contribution in [0.15, 0.2) is 48.5 Å². The molecule has 7 heteroatoms. The van der Waals surface area contributed by atoms with Crippen LogP contribution in [-0.2, 0) is 4.79 Å². The predicted molar refractivity (Wildman–Crippen MR) is 101 cm³/mol. The van der Waals surface area contributed by atoms with Gasteiger partial charge in [0.25, 0.3) is 0 Å². The van der Waals surface area contributed by atoms with Crippen LogP contribution >= 0.6 is 0 Å². The summed E-state index contributed by atoms with van der Waals surface area (Å²) in [7, 11) is 0. The second-order valence-electron chi connectivity index (χ2n) is 7.81. The Balaban J connectivity index is 1.45. The van der Waals surface area contributed by atoms with Gasteiger partial charge in [-0.15, -0.1) is 0 Å². The third-order valence-corrected chi connectivity index (χ3v) is 5.90. The number of amides is 1. The zero-order valence-electron chi connectivity index (χ0n) is 15.7. The molecule has 0 unspecified atom stereocenters. The van der Waals surface area contributed by atoms with Gasteiger partial charge >= 0.3 is 6.18 Å². The van der Waals surface area contributed by atoms with Gasteiger partial charge in [-0.25, -0.2) is 0 Å². The summed E-state index contributed by atoms with van der Waals surface area (Å²) in [5.41, 5.74) is -0.819. The second-order valence-corrected chi connectivity index (χ2v) is 7.81. The molecule has 2 N–H and O–H groups in total. The van der Waals surface area contributed by atoms with Crippen LogP contribution in [0.25, 0.3) is 0 Å². The first-order chi connectivity index (χ1) is 13.8. The first-order valence-electron chi connectivity index (χ1n) is 9.71. The van der Waals surface area contributed by atoms with Crippen molar-refractivity contribution in [2.24, 2.45) is 0 Å². The zero-order chi connectivity index (χ0) is 20.6. The van der Waals surface area contributed by atoms with E-state index in [2.05, 4.69) is 5.32 Å². The van der Waals surface area contributed by atoms with Crippen molar-refractivity contribution in [1.29, 1.82) is 0 Å². The number of carbonyl (C=O) groups excluding carboxylic acids is 1. The number of fused-ring (bicyclic) bond motifs is 2. The highest BCUT2D eigenvalue weighted by Crippen LogP contribution is 2.45. The number of carbonyl (C=O) groups is 1. The number of hydrogen-bond acceptors (Lipinski definition) is 3. The van der Waals surface area contributed by atoms with Gasteiger partial charge in [-0.05, 0) is 37.8 Å². The molecule has 2 aliphatic rings. The van der Waals surface area contributed by atoms with E-state index in [1.165, 1.54) is 0 Å². The summed E-state index contributed by atoms with van der Waals surface area (Å²) in [5.74, 6) is 1.00. The fourth-order valence-electron chi connectivity index (χ4n) is 4.22. The van der Waals surface area contributed by atoms with Crippen LogP contribution in [0.5, 0.6) is 11.5 Å². The van der Waals surface area contributed by atoms with Crippen molar-refractivity contribution in [2.75, 3.05) is 0 Å². The molecule has 2 aromatic rings.